The molecule has 2 aromatic rings. The van der Waals surface area contributed by atoms with E-state index in [4.69, 9.17) is 10.5 Å². The minimum absolute atomic E-state index is 0.199. The average Bonchev–Trinajstić information content (AvgIpc) is 2.29. The largest absolute Gasteiger partial charge is 0.435 e. The number of anilines is 1. The van der Waals surface area contributed by atoms with E-state index in [1.54, 1.807) is 0 Å². The molecule has 0 saturated heterocycles. The standard InChI is InChI=1S/C10H6Br2FN3O/c11-5-1-8(14)9(2-7(5)13)17-10-6(12)3-15-4-16-10/h1-4H,14H2. The Bertz CT molecular complexity index is 565. The number of hydrogen-bond acceptors (Lipinski definition) is 4. The number of hydrogen-bond donors (Lipinski definition) is 1. The molecule has 1 heterocycles. The minimum Gasteiger partial charge on any atom is -0.435 e. The summed E-state index contributed by atoms with van der Waals surface area (Å²) in [4.78, 5) is 7.69. The molecule has 0 amide bonds. The van der Waals surface area contributed by atoms with Gasteiger partial charge in [0.1, 0.15) is 12.1 Å². The van der Waals surface area contributed by atoms with Crippen molar-refractivity contribution in [2.75, 3.05) is 5.73 Å². The fraction of sp³-hybridized carbons (Fsp3) is 0. The predicted octanol–water partition coefficient (Wildman–Crippen LogP) is 3.52. The van der Waals surface area contributed by atoms with Gasteiger partial charge in [0.25, 0.3) is 0 Å². The Labute approximate surface area is 113 Å². The van der Waals surface area contributed by atoms with Gasteiger partial charge in [-0.25, -0.2) is 14.4 Å². The van der Waals surface area contributed by atoms with Gasteiger partial charge in [0.05, 0.1) is 14.6 Å². The second-order valence-electron chi connectivity index (χ2n) is 3.08. The van der Waals surface area contributed by atoms with Crippen molar-refractivity contribution >= 4 is 37.5 Å². The van der Waals surface area contributed by atoms with E-state index in [0.29, 0.717) is 10.2 Å². The summed E-state index contributed by atoms with van der Waals surface area (Å²) in [7, 11) is 0. The molecule has 0 aliphatic rings. The zero-order chi connectivity index (χ0) is 12.4. The van der Waals surface area contributed by atoms with Gasteiger partial charge in [0.2, 0.25) is 5.88 Å². The molecule has 0 aliphatic carbocycles. The van der Waals surface area contributed by atoms with Gasteiger partial charge in [-0.05, 0) is 37.9 Å². The molecule has 0 bridgehead atoms. The molecular formula is C10H6Br2FN3O. The average molecular weight is 363 g/mol. The lowest BCUT2D eigenvalue weighted by atomic mass is 10.3. The second kappa shape index (κ2) is 4.97. The summed E-state index contributed by atoms with van der Waals surface area (Å²) in [6.45, 7) is 0. The zero-order valence-corrected chi connectivity index (χ0v) is 11.5. The van der Waals surface area contributed by atoms with E-state index in [1.807, 2.05) is 0 Å². The van der Waals surface area contributed by atoms with Crippen LogP contribution < -0.4 is 10.5 Å². The molecular weight excluding hydrogens is 357 g/mol. The van der Waals surface area contributed by atoms with Gasteiger partial charge in [0, 0.05) is 12.3 Å². The number of nitrogens with zero attached hydrogens (tertiary/aromatic N) is 2. The van der Waals surface area contributed by atoms with Crippen molar-refractivity contribution in [2.24, 2.45) is 0 Å². The third kappa shape index (κ3) is 2.73. The van der Waals surface area contributed by atoms with Crippen molar-refractivity contribution in [1.29, 1.82) is 0 Å². The zero-order valence-electron chi connectivity index (χ0n) is 8.32. The number of nitrogens with two attached hydrogens (primary N) is 1. The lowest BCUT2D eigenvalue weighted by molar-refractivity contribution is 0.455. The summed E-state index contributed by atoms with van der Waals surface area (Å²) < 4.78 is 19.6. The summed E-state index contributed by atoms with van der Waals surface area (Å²) in [5, 5.41) is 0. The van der Waals surface area contributed by atoms with Gasteiger partial charge in [-0.2, -0.15) is 0 Å². The van der Waals surface area contributed by atoms with Gasteiger partial charge in [-0.15, -0.1) is 0 Å². The lowest BCUT2D eigenvalue weighted by Gasteiger charge is -2.09. The molecule has 2 N–H and O–H groups in total. The SMILES string of the molecule is Nc1cc(Br)c(F)cc1Oc1ncncc1Br. The molecule has 17 heavy (non-hydrogen) atoms. The van der Waals surface area contributed by atoms with Crippen LogP contribution >= 0.6 is 31.9 Å². The van der Waals surface area contributed by atoms with Crippen LogP contribution in [0.25, 0.3) is 0 Å². The van der Waals surface area contributed by atoms with Gasteiger partial charge in [-0.1, -0.05) is 0 Å². The first kappa shape index (κ1) is 12.3. The highest BCUT2D eigenvalue weighted by Crippen LogP contribution is 2.33. The molecule has 4 nitrogen and oxygen atoms in total. The fourth-order valence-electron chi connectivity index (χ4n) is 1.11. The monoisotopic (exact) mass is 361 g/mol. The van der Waals surface area contributed by atoms with Gasteiger partial charge < -0.3 is 10.5 Å². The Kier molecular flexibility index (Phi) is 3.58. The number of benzene rings is 1. The van der Waals surface area contributed by atoms with Crippen LogP contribution in [0.2, 0.25) is 0 Å². The molecule has 0 atom stereocenters. The molecule has 0 unspecified atom stereocenters. The van der Waals surface area contributed by atoms with Crippen LogP contribution in [0.15, 0.2) is 33.6 Å². The highest BCUT2D eigenvalue weighted by atomic mass is 79.9. The second-order valence-corrected chi connectivity index (χ2v) is 4.79. The number of nitrogen functional groups attached to an aromatic ring is 1. The van der Waals surface area contributed by atoms with E-state index in [2.05, 4.69) is 41.8 Å². The van der Waals surface area contributed by atoms with E-state index >= 15 is 0 Å². The summed E-state index contributed by atoms with van der Waals surface area (Å²) in [6.07, 6.45) is 2.85. The first-order valence-corrected chi connectivity index (χ1v) is 6.04. The Morgan fingerprint density at radius 1 is 1.24 bits per heavy atom. The molecule has 2 rings (SSSR count). The fourth-order valence-corrected chi connectivity index (χ4v) is 1.78. The highest BCUT2D eigenvalue weighted by molar-refractivity contribution is 9.10. The highest BCUT2D eigenvalue weighted by Gasteiger charge is 2.10. The normalized spacial score (nSPS) is 10.3. The van der Waals surface area contributed by atoms with Crippen LogP contribution in [-0.4, -0.2) is 9.97 Å². The minimum atomic E-state index is -0.459. The molecule has 0 fully saturated rings. The van der Waals surface area contributed by atoms with Crippen molar-refractivity contribution in [3.8, 4) is 11.6 Å². The first-order valence-electron chi connectivity index (χ1n) is 4.46. The summed E-state index contributed by atoms with van der Waals surface area (Å²) in [6, 6.07) is 2.62. The molecule has 1 aromatic heterocycles. The Balaban J connectivity index is 2.37. The number of aromatic nitrogens is 2. The Hall–Kier alpha value is -1.21. The van der Waals surface area contributed by atoms with E-state index in [9.17, 15) is 4.39 Å². The van der Waals surface area contributed by atoms with Crippen LogP contribution in [0.4, 0.5) is 10.1 Å². The number of halogens is 3. The molecule has 0 saturated carbocycles. The third-order valence-electron chi connectivity index (χ3n) is 1.89. The summed E-state index contributed by atoms with van der Waals surface area (Å²) in [5.74, 6) is 0.0119. The molecule has 0 radical (unpaired) electrons. The first-order chi connectivity index (χ1) is 8.08. The van der Waals surface area contributed by atoms with Crippen molar-refractivity contribution in [2.45, 2.75) is 0 Å². The van der Waals surface area contributed by atoms with Crippen LogP contribution in [0.1, 0.15) is 0 Å². The van der Waals surface area contributed by atoms with Crippen molar-refractivity contribution < 1.29 is 9.13 Å². The van der Waals surface area contributed by atoms with E-state index in [0.717, 1.165) is 0 Å². The van der Waals surface area contributed by atoms with Crippen molar-refractivity contribution in [3.05, 3.63) is 39.4 Å². The van der Waals surface area contributed by atoms with E-state index in [1.165, 1.54) is 24.7 Å². The molecule has 1 aromatic carbocycles. The predicted molar refractivity (Wildman–Crippen MR) is 68.3 cm³/mol. The van der Waals surface area contributed by atoms with Gasteiger partial charge in [0.15, 0.2) is 5.75 Å². The lowest BCUT2D eigenvalue weighted by Crippen LogP contribution is -1.96. The quantitative estimate of drug-likeness (QED) is 0.830. The molecule has 7 heteroatoms. The molecule has 0 aliphatic heterocycles. The summed E-state index contributed by atoms with van der Waals surface area (Å²) >= 11 is 6.25. The topological polar surface area (TPSA) is 61.0 Å². The summed E-state index contributed by atoms with van der Waals surface area (Å²) in [5.41, 5.74) is 6.02. The van der Waals surface area contributed by atoms with Crippen LogP contribution in [-0.2, 0) is 0 Å². The Morgan fingerprint density at radius 3 is 2.71 bits per heavy atom. The van der Waals surface area contributed by atoms with Crippen molar-refractivity contribution in [3.63, 3.8) is 0 Å². The number of ether oxygens (including phenoxy) is 1. The molecule has 88 valence electrons. The molecule has 0 spiro atoms. The van der Waals surface area contributed by atoms with Crippen LogP contribution in [0.3, 0.4) is 0 Å². The van der Waals surface area contributed by atoms with Gasteiger partial charge in [-0.3, -0.25) is 0 Å². The smallest absolute Gasteiger partial charge is 0.236 e. The van der Waals surface area contributed by atoms with E-state index in [-0.39, 0.29) is 16.1 Å². The third-order valence-corrected chi connectivity index (χ3v) is 3.04. The number of rotatable bonds is 2. The maximum Gasteiger partial charge on any atom is 0.236 e. The van der Waals surface area contributed by atoms with Crippen molar-refractivity contribution in [1.82, 2.24) is 9.97 Å². The van der Waals surface area contributed by atoms with E-state index < -0.39 is 5.82 Å². The Morgan fingerprint density at radius 2 is 2.00 bits per heavy atom. The van der Waals surface area contributed by atoms with Crippen LogP contribution in [0.5, 0.6) is 11.6 Å². The van der Waals surface area contributed by atoms with Crippen LogP contribution in [0, 0.1) is 5.82 Å². The maximum atomic E-state index is 13.3. The van der Waals surface area contributed by atoms with Gasteiger partial charge >= 0.3 is 0 Å². The maximum absolute atomic E-state index is 13.3.